The number of amides is 2. The van der Waals surface area contributed by atoms with Gasteiger partial charge in [0.2, 0.25) is 0 Å². The summed E-state index contributed by atoms with van der Waals surface area (Å²) in [5.41, 5.74) is 0. The number of thiophene rings is 1. The average molecular weight is 361 g/mol. The van der Waals surface area contributed by atoms with Gasteiger partial charge in [0.15, 0.2) is 0 Å². The summed E-state index contributed by atoms with van der Waals surface area (Å²) in [6, 6.07) is 1.69. The maximum Gasteiger partial charge on any atom is 0.315 e. The summed E-state index contributed by atoms with van der Waals surface area (Å²) in [5, 5.41) is 16.6. The summed E-state index contributed by atoms with van der Waals surface area (Å²) < 4.78 is 1.01. The lowest BCUT2D eigenvalue weighted by molar-refractivity contribution is -0.143. The molecule has 0 saturated heterocycles. The van der Waals surface area contributed by atoms with Crippen molar-refractivity contribution in [2.24, 2.45) is 5.92 Å². The smallest absolute Gasteiger partial charge is 0.315 e. The molecule has 1 aliphatic rings. The predicted octanol–water partition coefficient (Wildman–Crippen LogP) is 2.95. The third-order valence-corrected chi connectivity index (χ3v) is 5.10. The van der Waals surface area contributed by atoms with Gasteiger partial charge in [-0.05, 0) is 41.3 Å². The number of hydrogen-bond donors (Lipinski definition) is 3. The Morgan fingerprint density at radius 3 is 2.90 bits per heavy atom. The van der Waals surface area contributed by atoms with Crippen LogP contribution >= 0.6 is 27.3 Å². The van der Waals surface area contributed by atoms with Gasteiger partial charge in [0.1, 0.15) is 0 Å². The van der Waals surface area contributed by atoms with Gasteiger partial charge in [-0.15, -0.1) is 11.3 Å². The van der Waals surface area contributed by atoms with Crippen molar-refractivity contribution < 1.29 is 14.7 Å². The minimum Gasteiger partial charge on any atom is -0.481 e. The fourth-order valence-electron chi connectivity index (χ4n) is 2.40. The molecule has 3 N–H and O–H groups in total. The van der Waals surface area contributed by atoms with Crippen LogP contribution in [-0.2, 0) is 11.3 Å². The molecule has 7 heteroatoms. The van der Waals surface area contributed by atoms with Crippen molar-refractivity contribution in [2.75, 3.05) is 0 Å². The molecule has 2 amide bonds. The van der Waals surface area contributed by atoms with Crippen LogP contribution in [0.3, 0.4) is 0 Å². The van der Waals surface area contributed by atoms with Gasteiger partial charge in [0, 0.05) is 20.8 Å². The lowest BCUT2D eigenvalue weighted by atomic mass is 9.86. The minimum atomic E-state index is -0.764. The number of carboxylic acids is 1. The topological polar surface area (TPSA) is 78.4 Å². The van der Waals surface area contributed by atoms with Crippen molar-refractivity contribution in [3.63, 3.8) is 0 Å². The lowest BCUT2D eigenvalue weighted by Crippen LogP contribution is -2.44. The predicted molar refractivity (Wildman–Crippen MR) is 80.8 cm³/mol. The van der Waals surface area contributed by atoms with E-state index in [1.807, 2.05) is 11.4 Å². The zero-order valence-electron chi connectivity index (χ0n) is 10.9. The monoisotopic (exact) mass is 360 g/mol. The molecule has 1 aromatic rings. The molecular formula is C13H17BrN2O3S. The van der Waals surface area contributed by atoms with E-state index < -0.39 is 5.97 Å². The Hall–Kier alpha value is -1.08. The van der Waals surface area contributed by atoms with E-state index in [1.165, 1.54) is 0 Å². The van der Waals surface area contributed by atoms with E-state index in [-0.39, 0.29) is 18.0 Å². The normalized spacial score (nSPS) is 22.2. The highest BCUT2D eigenvalue weighted by Gasteiger charge is 2.27. The first-order valence-corrected chi connectivity index (χ1v) is 8.22. The number of nitrogens with one attached hydrogen (secondary N) is 2. The second kappa shape index (κ2) is 7.08. The molecule has 1 fully saturated rings. The number of carbonyl (C=O) groups is 2. The quantitative estimate of drug-likeness (QED) is 0.772. The highest BCUT2D eigenvalue weighted by atomic mass is 79.9. The van der Waals surface area contributed by atoms with Gasteiger partial charge in [-0.2, -0.15) is 0 Å². The van der Waals surface area contributed by atoms with E-state index in [0.29, 0.717) is 19.4 Å². The number of hydrogen-bond acceptors (Lipinski definition) is 3. The number of aliphatic carboxylic acids is 1. The molecule has 0 aliphatic heterocycles. The van der Waals surface area contributed by atoms with Crippen LogP contribution in [0.5, 0.6) is 0 Å². The first-order valence-electron chi connectivity index (χ1n) is 6.54. The van der Waals surface area contributed by atoms with Crippen LogP contribution in [-0.4, -0.2) is 23.1 Å². The number of urea groups is 1. The Morgan fingerprint density at radius 1 is 1.45 bits per heavy atom. The van der Waals surface area contributed by atoms with Crippen molar-refractivity contribution >= 4 is 39.3 Å². The van der Waals surface area contributed by atoms with Gasteiger partial charge in [0.25, 0.3) is 0 Å². The molecule has 1 aromatic heterocycles. The summed E-state index contributed by atoms with van der Waals surface area (Å²) in [6.07, 6.45) is 2.92. The van der Waals surface area contributed by atoms with E-state index in [1.54, 1.807) is 11.3 Å². The number of rotatable bonds is 4. The Kier molecular flexibility index (Phi) is 5.42. The van der Waals surface area contributed by atoms with Crippen LogP contribution in [0, 0.1) is 5.92 Å². The molecule has 1 heterocycles. The first kappa shape index (κ1) is 15.3. The standard InChI is InChI=1S/C13H17BrN2O3S/c14-9-5-11(20-7-9)6-15-13(19)16-10-3-1-2-8(4-10)12(17)18/h5,7-8,10H,1-4,6H2,(H,17,18)(H2,15,16,19). The molecule has 0 radical (unpaired) electrons. The molecule has 0 bridgehead atoms. The van der Waals surface area contributed by atoms with Crippen molar-refractivity contribution in [1.82, 2.24) is 10.6 Å². The molecule has 2 atom stereocenters. The Morgan fingerprint density at radius 2 is 2.25 bits per heavy atom. The van der Waals surface area contributed by atoms with Crippen LogP contribution in [0.2, 0.25) is 0 Å². The van der Waals surface area contributed by atoms with Gasteiger partial charge in [0.05, 0.1) is 12.5 Å². The highest BCUT2D eigenvalue weighted by Crippen LogP contribution is 2.24. The number of carbonyl (C=O) groups excluding carboxylic acids is 1. The van der Waals surface area contributed by atoms with Crippen molar-refractivity contribution in [2.45, 2.75) is 38.3 Å². The fourth-order valence-corrected chi connectivity index (χ4v) is 3.79. The second-order valence-corrected chi connectivity index (χ2v) is 6.87. The van der Waals surface area contributed by atoms with Crippen molar-refractivity contribution in [3.05, 3.63) is 20.8 Å². The first-order chi connectivity index (χ1) is 9.54. The molecule has 110 valence electrons. The van der Waals surface area contributed by atoms with Gasteiger partial charge in [-0.25, -0.2) is 4.79 Å². The van der Waals surface area contributed by atoms with Gasteiger partial charge < -0.3 is 15.7 Å². The zero-order valence-corrected chi connectivity index (χ0v) is 13.3. The third kappa shape index (κ3) is 4.49. The molecule has 5 nitrogen and oxygen atoms in total. The maximum atomic E-state index is 11.8. The van der Waals surface area contributed by atoms with E-state index in [9.17, 15) is 9.59 Å². The Labute approximate surface area is 129 Å². The molecule has 20 heavy (non-hydrogen) atoms. The van der Waals surface area contributed by atoms with E-state index in [2.05, 4.69) is 26.6 Å². The molecular weight excluding hydrogens is 344 g/mol. The zero-order chi connectivity index (χ0) is 14.5. The number of halogens is 1. The third-order valence-electron chi connectivity index (χ3n) is 3.40. The SMILES string of the molecule is O=C(NCc1cc(Br)cs1)NC1CCCC(C(=O)O)C1. The Balaban J connectivity index is 1.75. The molecule has 0 spiro atoms. The van der Waals surface area contributed by atoms with E-state index in [0.717, 1.165) is 22.2 Å². The summed E-state index contributed by atoms with van der Waals surface area (Å²) in [7, 11) is 0. The van der Waals surface area contributed by atoms with E-state index in [4.69, 9.17) is 5.11 Å². The molecule has 2 unspecified atom stereocenters. The number of carboxylic acid groups (broad SMARTS) is 1. The summed E-state index contributed by atoms with van der Waals surface area (Å²) >= 11 is 4.94. The van der Waals surface area contributed by atoms with Gasteiger partial charge in [-0.3, -0.25) is 4.79 Å². The average Bonchev–Trinajstić information content (AvgIpc) is 2.82. The molecule has 1 saturated carbocycles. The van der Waals surface area contributed by atoms with E-state index >= 15 is 0 Å². The summed E-state index contributed by atoms with van der Waals surface area (Å²) in [5.74, 6) is -1.09. The maximum absolute atomic E-state index is 11.8. The Bertz CT molecular complexity index is 492. The van der Waals surface area contributed by atoms with Crippen LogP contribution in [0.4, 0.5) is 4.79 Å². The largest absolute Gasteiger partial charge is 0.481 e. The summed E-state index contributed by atoms with van der Waals surface area (Å²) in [4.78, 5) is 23.8. The van der Waals surface area contributed by atoms with Crippen LogP contribution in [0.25, 0.3) is 0 Å². The minimum absolute atomic E-state index is 0.0417. The second-order valence-electron chi connectivity index (χ2n) is 4.96. The summed E-state index contributed by atoms with van der Waals surface area (Å²) in [6.45, 7) is 0.483. The molecule has 2 rings (SSSR count). The van der Waals surface area contributed by atoms with Crippen molar-refractivity contribution in [1.29, 1.82) is 0 Å². The lowest BCUT2D eigenvalue weighted by Gasteiger charge is -2.27. The van der Waals surface area contributed by atoms with Gasteiger partial charge in [-0.1, -0.05) is 6.42 Å². The molecule has 1 aliphatic carbocycles. The van der Waals surface area contributed by atoms with Crippen molar-refractivity contribution in [3.8, 4) is 0 Å². The molecule has 0 aromatic carbocycles. The highest BCUT2D eigenvalue weighted by molar-refractivity contribution is 9.10. The van der Waals surface area contributed by atoms with Crippen LogP contribution in [0.15, 0.2) is 15.9 Å². The van der Waals surface area contributed by atoms with Gasteiger partial charge >= 0.3 is 12.0 Å². The van der Waals surface area contributed by atoms with Crippen LogP contribution < -0.4 is 10.6 Å². The van der Waals surface area contributed by atoms with Crippen LogP contribution in [0.1, 0.15) is 30.6 Å². The fraction of sp³-hybridized carbons (Fsp3) is 0.538.